The molecule has 0 saturated heterocycles. The molecule has 72 valence electrons. The molecule has 1 atom stereocenters. The van der Waals surface area contributed by atoms with Crippen LogP contribution in [0.4, 0.5) is 0 Å². The summed E-state index contributed by atoms with van der Waals surface area (Å²) in [5.41, 5.74) is 7.32. The first-order valence-electron chi connectivity index (χ1n) is 4.29. The molecule has 1 aromatic rings. The van der Waals surface area contributed by atoms with Gasteiger partial charge in [-0.2, -0.15) is 0 Å². The lowest BCUT2D eigenvalue weighted by Crippen LogP contribution is -2.12. The Kier molecular flexibility index (Phi) is 3.77. The average molecular weight is 263 g/mol. The van der Waals surface area contributed by atoms with Crippen molar-refractivity contribution in [2.75, 3.05) is 0 Å². The molecule has 2 rings (SSSR count). The normalized spacial score (nSPS) is 17.7. The van der Waals surface area contributed by atoms with Crippen molar-refractivity contribution in [3.05, 3.63) is 34.3 Å². The minimum atomic E-state index is 0. The fourth-order valence-corrected chi connectivity index (χ4v) is 2.00. The summed E-state index contributed by atoms with van der Waals surface area (Å²) in [4.78, 5) is 0. The predicted octanol–water partition coefficient (Wildman–Crippen LogP) is 3.28. The number of benzene rings is 1. The highest BCUT2D eigenvalue weighted by atomic mass is 79.9. The number of halogens is 2. The molecular weight excluding hydrogens is 249 g/mol. The molecule has 0 radical (unpaired) electrons. The molecule has 0 aliphatic heterocycles. The van der Waals surface area contributed by atoms with Crippen molar-refractivity contribution < 1.29 is 0 Å². The van der Waals surface area contributed by atoms with Crippen LogP contribution in [-0.2, 0) is 0 Å². The van der Waals surface area contributed by atoms with Crippen LogP contribution in [0.2, 0.25) is 0 Å². The minimum absolute atomic E-state index is 0. The van der Waals surface area contributed by atoms with Gasteiger partial charge in [-0.1, -0.05) is 34.1 Å². The molecule has 1 aromatic carbocycles. The van der Waals surface area contributed by atoms with E-state index in [0.717, 1.165) is 10.4 Å². The molecule has 0 unspecified atom stereocenters. The minimum Gasteiger partial charge on any atom is -0.324 e. The van der Waals surface area contributed by atoms with Crippen molar-refractivity contribution in [1.29, 1.82) is 0 Å². The van der Waals surface area contributed by atoms with Crippen LogP contribution in [0.5, 0.6) is 0 Å². The molecule has 0 spiro atoms. The van der Waals surface area contributed by atoms with Gasteiger partial charge in [-0.15, -0.1) is 12.4 Å². The molecular formula is C10H13BrClN. The summed E-state index contributed by atoms with van der Waals surface area (Å²) in [6, 6.07) is 8.46. The van der Waals surface area contributed by atoms with Crippen molar-refractivity contribution in [2.45, 2.75) is 18.9 Å². The van der Waals surface area contributed by atoms with Crippen LogP contribution < -0.4 is 5.73 Å². The zero-order valence-electron chi connectivity index (χ0n) is 7.24. The van der Waals surface area contributed by atoms with Crippen LogP contribution in [0.1, 0.15) is 24.4 Å². The van der Waals surface area contributed by atoms with Crippen molar-refractivity contribution >= 4 is 28.3 Å². The first-order valence-corrected chi connectivity index (χ1v) is 5.08. The van der Waals surface area contributed by atoms with Crippen molar-refractivity contribution in [3.8, 4) is 0 Å². The summed E-state index contributed by atoms with van der Waals surface area (Å²) in [6.07, 6.45) is 2.59. The molecule has 1 aliphatic rings. The molecule has 2 N–H and O–H groups in total. The maximum absolute atomic E-state index is 6.07. The molecule has 13 heavy (non-hydrogen) atoms. The zero-order chi connectivity index (χ0) is 8.55. The molecule has 3 heteroatoms. The first kappa shape index (κ1) is 11.0. The Balaban J connectivity index is 0.000000845. The highest BCUT2D eigenvalue weighted by Crippen LogP contribution is 2.41. The SMILES string of the molecule is Cl.N[C@@H](c1ccccc1Br)C1CC1. The second-order valence-electron chi connectivity index (χ2n) is 3.38. The van der Waals surface area contributed by atoms with Crippen LogP contribution >= 0.6 is 28.3 Å². The van der Waals surface area contributed by atoms with Crippen LogP contribution in [-0.4, -0.2) is 0 Å². The van der Waals surface area contributed by atoms with Gasteiger partial charge in [0, 0.05) is 10.5 Å². The van der Waals surface area contributed by atoms with Crippen molar-refractivity contribution in [1.82, 2.24) is 0 Å². The van der Waals surface area contributed by atoms with Gasteiger partial charge in [0.15, 0.2) is 0 Å². The Bertz CT molecular complexity index is 286. The zero-order valence-corrected chi connectivity index (χ0v) is 9.64. The van der Waals surface area contributed by atoms with Crippen LogP contribution in [0, 0.1) is 5.92 Å². The second kappa shape index (κ2) is 4.45. The third kappa shape index (κ3) is 2.46. The Morgan fingerprint density at radius 1 is 1.31 bits per heavy atom. The molecule has 0 heterocycles. The first-order chi connectivity index (χ1) is 5.79. The summed E-state index contributed by atoms with van der Waals surface area (Å²) in [5, 5.41) is 0. The lowest BCUT2D eigenvalue weighted by Gasteiger charge is -2.11. The van der Waals surface area contributed by atoms with Gasteiger partial charge in [0.05, 0.1) is 0 Å². The molecule has 0 bridgehead atoms. The molecule has 1 saturated carbocycles. The average Bonchev–Trinajstić information content (AvgIpc) is 2.86. The standard InChI is InChI=1S/C10H12BrN.ClH/c11-9-4-2-1-3-8(9)10(12)7-5-6-7;/h1-4,7,10H,5-6,12H2;1H/t10-;/m1./s1. The van der Waals surface area contributed by atoms with E-state index in [9.17, 15) is 0 Å². The maximum Gasteiger partial charge on any atom is 0.0334 e. The monoisotopic (exact) mass is 261 g/mol. The highest BCUT2D eigenvalue weighted by molar-refractivity contribution is 9.10. The fourth-order valence-electron chi connectivity index (χ4n) is 1.45. The van der Waals surface area contributed by atoms with Gasteiger partial charge in [-0.25, -0.2) is 0 Å². The third-order valence-electron chi connectivity index (χ3n) is 2.39. The van der Waals surface area contributed by atoms with Gasteiger partial charge < -0.3 is 5.73 Å². The molecule has 0 amide bonds. The van der Waals surface area contributed by atoms with E-state index in [-0.39, 0.29) is 18.4 Å². The maximum atomic E-state index is 6.07. The van der Waals surface area contributed by atoms with E-state index in [2.05, 4.69) is 28.1 Å². The van der Waals surface area contributed by atoms with Crippen LogP contribution in [0.3, 0.4) is 0 Å². The lowest BCUT2D eigenvalue weighted by atomic mass is 10.0. The molecule has 1 aliphatic carbocycles. The lowest BCUT2D eigenvalue weighted by molar-refractivity contribution is 0.631. The van der Waals surface area contributed by atoms with Crippen molar-refractivity contribution in [2.24, 2.45) is 11.7 Å². The van der Waals surface area contributed by atoms with Gasteiger partial charge in [-0.3, -0.25) is 0 Å². The fraction of sp³-hybridized carbons (Fsp3) is 0.400. The van der Waals surface area contributed by atoms with E-state index >= 15 is 0 Å². The number of nitrogens with two attached hydrogens (primary N) is 1. The molecule has 1 fully saturated rings. The number of hydrogen-bond donors (Lipinski definition) is 1. The van der Waals surface area contributed by atoms with Gasteiger partial charge in [0.25, 0.3) is 0 Å². The Morgan fingerprint density at radius 3 is 2.46 bits per heavy atom. The van der Waals surface area contributed by atoms with E-state index in [1.807, 2.05) is 12.1 Å². The molecule has 1 nitrogen and oxygen atoms in total. The Hall–Kier alpha value is -0.0500. The summed E-state index contributed by atoms with van der Waals surface area (Å²) in [6.45, 7) is 0. The van der Waals surface area contributed by atoms with E-state index in [0.29, 0.717) is 0 Å². The third-order valence-corrected chi connectivity index (χ3v) is 3.12. The van der Waals surface area contributed by atoms with Crippen molar-refractivity contribution in [3.63, 3.8) is 0 Å². The summed E-state index contributed by atoms with van der Waals surface area (Å²) < 4.78 is 1.14. The van der Waals surface area contributed by atoms with Gasteiger partial charge >= 0.3 is 0 Å². The van der Waals surface area contributed by atoms with Gasteiger partial charge in [-0.05, 0) is 30.4 Å². The summed E-state index contributed by atoms with van der Waals surface area (Å²) in [5.74, 6) is 0.726. The van der Waals surface area contributed by atoms with Crippen LogP contribution in [0.25, 0.3) is 0 Å². The van der Waals surface area contributed by atoms with Gasteiger partial charge in [0.2, 0.25) is 0 Å². The second-order valence-corrected chi connectivity index (χ2v) is 4.24. The van der Waals surface area contributed by atoms with Crippen LogP contribution in [0.15, 0.2) is 28.7 Å². The summed E-state index contributed by atoms with van der Waals surface area (Å²) in [7, 11) is 0. The number of rotatable bonds is 2. The van der Waals surface area contributed by atoms with Gasteiger partial charge in [0.1, 0.15) is 0 Å². The predicted molar refractivity (Wildman–Crippen MR) is 61.0 cm³/mol. The van der Waals surface area contributed by atoms with E-state index < -0.39 is 0 Å². The summed E-state index contributed by atoms with van der Waals surface area (Å²) >= 11 is 3.51. The Labute approximate surface area is 93.2 Å². The van der Waals surface area contributed by atoms with E-state index in [4.69, 9.17) is 5.73 Å². The van der Waals surface area contributed by atoms with E-state index in [1.165, 1.54) is 18.4 Å². The highest BCUT2D eigenvalue weighted by Gasteiger charge is 2.30. The molecule has 0 aromatic heterocycles. The van der Waals surface area contributed by atoms with E-state index in [1.54, 1.807) is 0 Å². The topological polar surface area (TPSA) is 26.0 Å². The largest absolute Gasteiger partial charge is 0.324 e. The quantitative estimate of drug-likeness (QED) is 0.870. The number of hydrogen-bond acceptors (Lipinski definition) is 1. The Morgan fingerprint density at radius 2 is 1.92 bits per heavy atom. The smallest absolute Gasteiger partial charge is 0.0334 e.